The molecule has 12 heavy (non-hydrogen) atoms. The predicted molar refractivity (Wildman–Crippen MR) is 44.3 cm³/mol. The van der Waals surface area contributed by atoms with Gasteiger partial charge in [-0.3, -0.25) is 4.89 Å². The van der Waals surface area contributed by atoms with Crippen molar-refractivity contribution in [1.82, 2.24) is 0 Å². The van der Waals surface area contributed by atoms with Crippen molar-refractivity contribution in [1.29, 1.82) is 0 Å². The standard InChI is InChI=1S/C9H16O3/c1-9(2,3)12-11-8(10)7-5-4-6-7/h7H,4-6H2,1-3H3. The van der Waals surface area contributed by atoms with Crippen LogP contribution in [0.4, 0.5) is 0 Å². The molecule has 0 atom stereocenters. The van der Waals surface area contributed by atoms with E-state index in [0.29, 0.717) is 0 Å². The largest absolute Gasteiger partial charge is 0.345 e. The van der Waals surface area contributed by atoms with Crippen molar-refractivity contribution in [3.63, 3.8) is 0 Å². The molecule has 0 aliphatic heterocycles. The van der Waals surface area contributed by atoms with E-state index in [2.05, 4.69) is 4.89 Å². The van der Waals surface area contributed by atoms with Gasteiger partial charge in [-0.15, -0.1) is 0 Å². The molecule has 3 nitrogen and oxygen atoms in total. The average molecular weight is 172 g/mol. The fourth-order valence-corrected chi connectivity index (χ4v) is 0.878. The molecule has 0 unspecified atom stereocenters. The van der Waals surface area contributed by atoms with Crippen LogP contribution >= 0.6 is 0 Å². The van der Waals surface area contributed by atoms with E-state index < -0.39 is 5.60 Å². The first-order chi connectivity index (χ1) is 5.49. The third-order valence-electron chi connectivity index (χ3n) is 1.81. The van der Waals surface area contributed by atoms with Crippen molar-refractivity contribution in [2.75, 3.05) is 0 Å². The summed E-state index contributed by atoms with van der Waals surface area (Å²) in [6, 6.07) is 0. The highest BCUT2D eigenvalue weighted by Crippen LogP contribution is 2.27. The molecular formula is C9H16O3. The maximum atomic E-state index is 11.1. The average Bonchev–Trinajstić information content (AvgIpc) is 1.78. The van der Waals surface area contributed by atoms with Gasteiger partial charge in [-0.1, -0.05) is 6.42 Å². The summed E-state index contributed by atoms with van der Waals surface area (Å²) in [7, 11) is 0. The zero-order chi connectivity index (χ0) is 9.19. The molecule has 0 spiro atoms. The Balaban J connectivity index is 2.18. The highest BCUT2D eigenvalue weighted by molar-refractivity contribution is 5.72. The van der Waals surface area contributed by atoms with Gasteiger partial charge in [0.05, 0.1) is 5.92 Å². The van der Waals surface area contributed by atoms with Gasteiger partial charge in [0.2, 0.25) is 0 Å². The summed E-state index contributed by atoms with van der Waals surface area (Å²) < 4.78 is 0. The Hall–Kier alpha value is -0.570. The minimum absolute atomic E-state index is 0.0901. The summed E-state index contributed by atoms with van der Waals surface area (Å²) in [5, 5.41) is 0. The Bertz CT molecular complexity index is 165. The molecule has 0 aromatic carbocycles. The van der Waals surface area contributed by atoms with Gasteiger partial charge >= 0.3 is 5.97 Å². The van der Waals surface area contributed by atoms with E-state index in [0.717, 1.165) is 19.3 Å². The van der Waals surface area contributed by atoms with E-state index in [1.165, 1.54) is 0 Å². The number of hydrogen-bond acceptors (Lipinski definition) is 3. The van der Waals surface area contributed by atoms with Crippen LogP contribution in [0.2, 0.25) is 0 Å². The molecule has 0 aromatic heterocycles. The van der Waals surface area contributed by atoms with Crippen LogP contribution in [0.15, 0.2) is 0 Å². The van der Waals surface area contributed by atoms with Crippen LogP contribution in [0.5, 0.6) is 0 Å². The van der Waals surface area contributed by atoms with Crippen molar-refractivity contribution in [3.8, 4) is 0 Å². The highest BCUT2D eigenvalue weighted by Gasteiger charge is 2.28. The van der Waals surface area contributed by atoms with E-state index in [9.17, 15) is 4.79 Å². The molecule has 1 aliphatic carbocycles. The highest BCUT2D eigenvalue weighted by atomic mass is 17.2. The maximum Gasteiger partial charge on any atom is 0.345 e. The molecule has 0 aromatic rings. The molecule has 1 fully saturated rings. The summed E-state index contributed by atoms with van der Waals surface area (Å²) >= 11 is 0. The normalized spacial score (nSPS) is 18.6. The number of hydrogen-bond donors (Lipinski definition) is 0. The quantitative estimate of drug-likeness (QED) is 0.472. The first-order valence-electron chi connectivity index (χ1n) is 4.38. The Morgan fingerprint density at radius 1 is 1.33 bits per heavy atom. The molecule has 0 heterocycles. The van der Waals surface area contributed by atoms with Gasteiger partial charge < -0.3 is 0 Å². The van der Waals surface area contributed by atoms with Gasteiger partial charge in [0.15, 0.2) is 0 Å². The molecule has 1 rings (SSSR count). The van der Waals surface area contributed by atoms with Crippen molar-refractivity contribution in [2.45, 2.75) is 45.6 Å². The van der Waals surface area contributed by atoms with Crippen molar-refractivity contribution >= 4 is 5.97 Å². The number of carbonyl (C=O) groups excluding carboxylic acids is 1. The molecule has 0 saturated heterocycles. The maximum absolute atomic E-state index is 11.1. The van der Waals surface area contributed by atoms with Crippen LogP contribution in [-0.4, -0.2) is 11.6 Å². The molecule has 0 bridgehead atoms. The first kappa shape index (κ1) is 9.52. The van der Waals surface area contributed by atoms with Gasteiger partial charge in [-0.25, -0.2) is 4.79 Å². The Morgan fingerprint density at radius 2 is 1.92 bits per heavy atom. The lowest BCUT2D eigenvalue weighted by Crippen LogP contribution is -2.28. The Kier molecular flexibility index (Phi) is 2.73. The minimum Gasteiger partial charge on any atom is -0.298 e. The van der Waals surface area contributed by atoms with Crippen LogP contribution in [0.25, 0.3) is 0 Å². The van der Waals surface area contributed by atoms with Crippen LogP contribution < -0.4 is 0 Å². The molecule has 1 saturated carbocycles. The molecular weight excluding hydrogens is 156 g/mol. The Labute approximate surface area is 73.0 Å². The van der Waals surface area contributed by atoms with Gasteiger partial charge in [-0.05, 0) is 33.6 Å². The monoisotopic (exact) mass is 172 g/mol. The van der Waals surface area contributed by atoms with Crippen LogP contribution in [0, 0.1) is 5.92 Å². The van der Waals surface area contributed by atoms with Crippen molar-refractivity contribution < 1.29 is 14.6 Å². The van der Waals surface area contributed by atoms with E-state index in [1.807, 2.05) is 20.8 Å². The summed E-state index contributed by atoms with van der Waals surface area (Å²) in [6.45, 7) is 5.54. The second kappa shape index (κ2) is 3.44. The van der Waals surface area contributed by atoms with E-state index in [-0.39, 0.29) is 11.9 Å². The second-order valence-corrected chi connectivity index (χ2v) is 4.23. The lowest BCUT2D eigenvalue weighted by atomic mass is 9.86. The third kappa shape index (κ3) is 2.81. The number of carbonyl (C=O) groups is 1. The summed E-state index contributed by atoms with van der Waals surface area (Å²) in [5.74, 6) is -0.122. The van der Waals surface area contributed by atoms with E-state index >= 15 is 0 Å². The molecule has 0 amide bonds. The smallest absolute Gasteiger partial charge is 0.298 e. The zero-order valence-electron chi connectivity index (χ0n) is 7.92. The van der Waals surface area contributed by atoms with Gasteiger partial charge in [0.25, 0.3) is 0 Å². The SMILES string of the molecule is CC(C)(C)OOC(=O)C1CCC1. The van der Waals surface area contributed by atoms with Crippen LogP contribution in [0.1, 0.15) is 40.0 Å². The predicted octanol–water partition coefficient (Wildman–Crippen LogP) is 2.06. The van der Waals surface area contributed by atoms with Gasteiger partial charge in [0, 0.05) is 0 Å². The lowest BCUT2D eigenvalue weighted by molar-refractivity contribution is -0.324. The molecule has 0 radical (unpaired) electrons. The minimum atomic E-state index is -0.403. The molecule has 1 aliphatic rings. The Morgan fingerprint density at radius 3 is 2.25 bits per heavy atom. The molecule has 3 heteroatoms. The fraction of sp³-hybridized carbons (Fsp3) is 0.889. The summed E-state index contributed by atoms with van der Waals surface area (Å²) in [6.07, 6.45) is 3.04. The van der Waals surface area contributed by atoms with Crippen molar-refractivity contribution in [2.24, 2.45) is 5.92 Å². The molecule has 70 valence electrons. The van der Waals surface area contributed by atoms with E-state index in [1.54, 1.807) is 0 Å². The second-order valence-electron chi connectivity index (χ2n) is 4.23. The van der Waals surface area contributed by atoms with Gasteiger partial charge in [0.1, 0.15) is 5.60 Å². The summed E-state index contributed by atoms with van der Waals surface area (Å²) in [4.78, 5) is 20.7. The molecule has 0 N–H and O–H groups in total. The lowest BCUT2D eigenvalue weighted by Gasteiger charge is -2.24. The summed E-state index contributed by atoms with van der Waals surface area (Å²) in [5.41, 5.74) is -0.403. The number of rotatable bonds is 2. The van der Waals surface area contributed by atoms with E-state index in [4.69, 9.17) is 4.89 Å². The van der Waals surface area contributed by atoms with Crippen LogP contribution in [-0.2, 0) is 14.6 Å². The van der Waals surface area contributed by atoms with Crippen LogP contribution in [0.3, 0.4) is 0 Å². The fourth-order valence-electron chi connectivity index (χ4n) is 0.878. The van der Waals surface area contributed by atoms with Gasteiger partial charge in [-0.2, -0.15) is 4.89 Å². The third-order valence-corrected chi connectivity index (χ3v) is 1.81. The van der Waals surface area contributed by atoms with Crippen molar-refractivity contribution in [3.05, 3.63) is 0 Å². The topological polar surface area (TPSA) is 35.5 Å². The zero-order valence-corrected chi connectivity index (χ0v) is 7.92. The first-order valence-corrected chi connectivity index (χ1v) is 4.38.